The molecule has 1 saturated heterocycles. The molecule has 1 aromatic rings. The molecule has 0 aromatic heterocycles. The number of benzene rings is 1. The summed E-state index contributed by atoms with van der Waals surface area (Å²) in [6.45, 7) is 1.03. The van der Waals surface area contributed by atoms with Gasteiger partial charge in [-0.2, -0.15) is 0 Å². The minimum absolute atomic E-state index is 0.0702. The summed E-state index contributed by atoms with van der Waals surface area (Å²) in [7, 11) is 0. The van der Waals surface area contributed by atoms with E-state index in [0.29, 0.717) is 18.9 Å². The van der Waals surface area contributed by atoms with E-state index < -0.39 is 11.9 Å². The molecule has 1 unspecified atom stereocenters. The van der Waals surface area contributed by atoms with Crippen molar-refractivity contribution in [3.05, 3.63) is 24.0 Å². The number of nitrogens with one attached hydrogen (secondary N) is 2. The second-order valence-corrected chi connectivity index (χ2v) is 6.44. The minimum atomic E-state index is -0.681. The molecule has 2 amide bonds. The van der Waals surface area contributed by atoms with E-state index in [1.165, 1.54) is 18.2 Å². The van der Waals surface area contributed by atoms with Crippen molar-refractivity contribution >= 4 is 23.2 Å². The van der Waals surface area contributed by atoms with Crippen molar-refractivity contribution in [1.29, 1.82) is 0 Å². The van der Waals surface area contributed by atoms with Crippen molar-refractivity contribution < 1.29 is 23.5 Å². The van der Waals surface area contributed by atoms with E-state index in [4.69, 9.17) is 9.47 Å². The molecule has 1 atom stereocenters. The first-order chi connectivity index (χ1) is 12.1. The summed E-state index contributed by atoms with van der Waals surface area (Å²) in [6.07, 6.45) is 4.19. The van der Waals surface area contributed by atoms with Crippen LogP contribution in [0.5, 0.6) is 0 Å². The predicted octanol–water partition coefficient (Wildman–Crippen LogP) is 2.70. The second-order valence-electron chi connectivity index (χ2n) is 6.44. The Morgan fingerprint density at radius 2 is 1.84 bits per heavy atom. The fourth-order valence-corrected chi connectivity index (χ4v) is 3.16. The standard InChI is InChI=1S/C18H23FN2O4/c19-14-7-6-13(20-18(23)16-11-24-8-9-25-16)10-15(14)21-17(22)12-4-2-1-3-5-12/h6-7,10,12,16H,1-5,8-9,11H2,(H,20,23)(H,21,22). The first-order valence-corrected chi connectivity index (χ1v) is 8.74. The van der Waals surface area contributed by atoms with Crippen LogP contribution in [0.25, 0.3) is 0 Å². The maximum Gasteiger partial charge on any atom is 0.255 e. The Balaban J connectivity index is 1.63. The highest BCUT2D eigenvalue weighted by molar-refractivity contribution is 5.96. The Bertz CT molecular complexity index is 626. The number of hydrogen-bond donors (Lipinski definition) is 2. The zero-order valence-corrected chi connectivity index (χ0v) is 14.1. The van der Waals surface area contributed by atoms with Gasteiger partial charge in [0.15, 0.2) is 6.10 Å². The molecule has 0 spiro atoms. The number of halogens is 1. The summed E-state index contributed by atoms with van der Waals surface area (Å²) in [5.41, 5.74) is 0.480. The third kappa shape index (κ3) is 4.76. The van der Waals surface area contributed by atoms with Crippen LogP contribution in [0.3, 0.4) is 0 Å². The lowest BCUT2D eigenvalue weighted by molar-refractivity contribution is -0.142. The lowest BCUT2D eigenvalue weighted by Gasteiger charge is -2.22. The van der Waals surface area contributed by atoms with Gasteiger partial charge >= 0.3 is 0 Å². The van der Waals surface area contributed by atoms with E-state index in [2.05, 4.69) is 10.6 Å². The summed E-state index contributed by atoms with van der Waals surface area (Å²) in [5, 5.41) is 5.32. The number of ether oxygens (including phenoxy) is 2. The van der Waals surface area contributed by atoms with Crippen molar-refractivity contribution in [2.75, 3.05) is 30.5 Å². The maximum atomic E-state index is 14.0. The quantitative estimate of drug-likeness (QED) is 0.875. The number of carbonyl (C=O) groups excluding carboxylic acids is 2. The van der Waals surface area contributed by atoms with Crippen LogP contribution < -0.4 is 10.6 Å². The molecule has 1 heterocycles. The van der Waals surface area contributed by atoms with Crippen LogP contribution in [-0.4, -0.2) is 37.7 Å². The Labute approximate surface area is 146 Å². The van der Waals surface area contributed by atoms with Crippen LogP contribution in [0.2, 0.25) is 0 Å². The molecule has 7 heteroatoms. The van der Waals surface area contributed by atoms with Gasteiger partial charge < -0.3 is 20.1 Å². The summed E-state index contributed by atoms with van der Waals surface area (Å²) in [6, 6.07) is 4.11. The van der Waals surface area contributed by atoms with Gasteiger partial charge in [-0.05, 0) is 31.0 Å². The highest BCUT2D eigenvalue weighted by Gasteiger charge is 2.24. The van der Waals surface area contributed by atoms with Crippen molar-refractivity contribution in [3.8, 4) is 0 Å². The second kappa shape index (κ2) is 8.40. The topological polar surface area (TPSA) is 76.7 Å². The molecule has 3 rings (SSSR count). The van der Waals surface area contributed by atoms with Gasteiger partial charge in [0.05, 0.1) is 25.5 Å². The summed E-state index contributed by atoms with van der Waals surface area (Å²) in [4.78, 5) is 24.4. The molecule has 2 fully saturated rings. The van der Waals surface area contributed by atoms with E-state index in [0.717, 1.165) is 32.1 Å². The SMILES string of the molecule is O=C(Nc1cc(NC(=O)C2COCCO2)ccc1F)C1CCCCC1. The summed E-state index contributed by atoms with van der Waals surface area (Å²) >= 11 is 0. The Morgan fingerprint density at radius 1 is 1.04 bits per heavy atom. The average molecular weight is 350 g/mol. The van der Waals surface area contributed by atoms with Crippen LogP contribution in [0.4, 0.5) is 15.8 Å². The molecule has 1 aliphatic heterocycles. The zero-order chi connectivity index (χ0) is 17.6. The zero-order valence-electron chi connectivity index (χ0n) is 14.1. The van der Waals surface area contributed by atoms with Gasteiger partial charge in [0.2, 0.25) is 5.91 Å². The molecule has 1 aromatic carbocycles. The van der Waals surface area contributed by atoms with Crippen LogP contribution in [0.1, 0.15) is 32.1 Å². The molecule has 6 nitrogen and oxygen atoms in total. The Hall–Kier alpha value is -1.99. The number of rotatable bonds is 4. The highest BCUT2D eigenvalue weighted by atomic mass is 19.1. The van der Waals surface area contributed by atoms with Crippen LogP contribution in [-0.2, 0) is 19.1 Å². The molecule has 25 heavy (non-hydrogen) atoms. The molecule has 1 saturated carbocycles. The van der Waals surface area contributed by atoms with Crippen molar-refractivity contribution in [2.45, 2.75) is 38.2 Å². The first-order valence-electron chi connectivity index (χ1n) is 8.74. The number of hydrogen-bond acceptors (Lipinski definition) is 4. The van der Waals surface area contributed by atoms with E-state index in [1.54, 1.807) is 0 Å². The van der Waals surface area contributed by atoms with Gasteiger partial charge in [-0.1, -0.05) is 19.3 Å². The van der Waals surface area contributed by atoms with Crippen LogP contribution in [0.15, 0.2) is 18.2 Å². The van der Waals surface area contributed by atoms with E-state index >= 15 is 0 Å². The maximum absolute atomic E-state index is 14.0. The molecular formula is C18H23FN2O4. The lowest BCUT2D eigenvalue weighted by atomic mass is 9.88. The minimum Gasteiger partial charge on any atom is -0.376 e. The molecular weight excluding hydrogens is 327 g/mol. The third-order valence-electron chi connectivity index (χ3n) is 4.58. The molecule has 2 aliphatic rings. The number of amides is 2. The molecule has 2 N–H and O–H groups in total. The van der Waals surface area contributed by atoms with Crippen LogP contribution in [0, 0.1) is 11.7 Å². The largest absolute Gasteiger partial charge is 0.376 e. The smallest absolute Gasteiger partial charge is 0.255 e. The Morgan fingerprint density at radius 3 is 2.56 bits per heavy atom. The number of anilines is 2. The molecule has 0 radical (unpaired) electrons. The summed E-state index contributed by atoms with van der Waals surface area (Å²) < 4.78 is 24.5. The molecule has 1 aliphatic carbocycles. The van der Waals surface area contributed by atoms with E-state index in [9.17, 15) is 14.0 Å². The van der Waals surface area contributed by atoms with Gasteiger partial charge in [0, 0.05) is 11.6 Å². The van der Waals surface area contributed by atoms with Gasteiger partial charge in [-0.15, -0.1) is 0 Å². The Kier molecular flexibility index (Phi) is 5.99. The van der Waals surface area contributed by atoms with Gasteiger partial charge in [-0.3, -0.25) is 9.59 Å². The highest BCUT2D eigenvalue weighted by Crippen LogP contribution is 2.26. The predicted molar refractivity (Wildman–Crippen MR) is 90.8 cm³/mol. The normalized spacial score (nSPS) is 21.6. The molecule has 136 valence electrons. The van der Waals surface area contributed by atoms with Crippen LogP contribution >= 0.6 is 0 Å². The summed E-state index contributed by atoms with van der Waals surface area (Å²) in [5.74, 6) is -1.11. The first kappa shape index (κ1) is 17.8. The average Bonchev–Trinajstić information content (AvgIpc) is 2.66. The van der Waals surface area contributed by atoms with Gasteiger partial charge in [0.25, 0.3) is 5.91 Å². The van der Waals surface area contributed by atoms with E-state index in [1.807, 2.05) is 0 Å². The molecule has 0 bridgehead atoms. The van der Waals surface area contributed by atoms with Crippen molar-refractivity contribution in [1.82, 2.24) is 0 Å². The van der Waals surface area contributed by atoms with E-state index in [-0.39, 0.29) is 30.0 Å². The third-order valence-corrected chi connectivity index (χ3v) is 4.58. The fourth-order valence-electron chi connectivity index (χ4n) is 3.16. The fraction of sp³-hybridized carbons (Fsp3) is 0.556. The van der Waals surface area contributed by atoms with Gasteiger partial charge in [0.1, 0.15) is 5.82 Å². The monoisotopic (exact) mass is 350 g/mol. The number of carbonyl (C=O) groups is 2. The van der Waals surface area contributed by atoms with Gasteiger partial charge in [-0.25, -0.2) is 4.39 Å². The van der Waals surface area contributed by atoms with Crippen molar-refractivity contribution in [2.24, 2.45) is 5.92 Å². The van der Waals surface area contributed by atoms with Crippen molar-refractivity contribution in [3.63, 3.8) is 0 Å². The lowest BCUT2D eigenvalue weighted by Crippen LogP contribution is -2.39.